The Morgan fingerprint density at radius 1 is 0.873 bits per heavy atom. The van der Waals surface area contributed by atoms with E-state index in [1.54, 1.807) is 18.2 Å². The van der Waals surface area contributed by atoms with Crippen molar-refractivity contribution in [2.24, 2.45) is 16.7 Å². The summed E-state index contributed by atoms with van der Waals surface area (Å²) in [6.45, 7) is 19.8. The molecule has 2 saturated heterocycles. The Labute approximate surface area is 370 Å². The van der Waals surface area contributed by atoms with Gasteiger partial charge in [0.1, 0.15) is 29.7 Å². The monoisotopic (exact) mass is 856 g/mol. The Bertz CT molecular complexity index is 2330. The minimum absolute atomic E-state index is 0.00823. The first-order valence-electron chi connectivity index (χ1n) is 22.5. The van der Waals surface area contributed by atoms with Gasteiger partial charge in [-0.15, -0.1) is 0 Å². The van der Waals surface area contributed by atoms with Crippen molar-refractivity contribution in [3.63, 3.8) is 0 Å². The molecule has 3 aromatic carbocycles. The third-order valence-electron chi connectivity index (χ3n) is 14.5. The number of anilines is 1. The van der Waals surface area contributed by atoms with Crippen LogP contribution in [0.5, 0.6) is 11.5 Å². The van der Waals surface area contributed by atoms with Crippen molar-refractivity contribution in [3.05, 3.63) is 88.0 Å². The zero-order valence-corrected chi connectivity index (χ0v) is 37.7. The van der Waals surface area contributed by atoms with Crippen molar-refractivity contribution in [2.45, 2.75) is 130 Å². The van der Waals surface area contributed by atoms with E-state index in [-0.39, 0.29) is 59.0 Å². The summed E-state index contributed by atoms with van der Waals surface area (Å²) in [5.41, 5.74) is 4.05. The lowest BCUT2D eigenvalue weighted by Crippen LogP contribution is -2.74. The van der Waals surface area contributed by atoms with Gasteiger partial charge in [0.2, 0.25) is 11.8 Å². The predicted octanol–water partition coefficient (Wildman–Crippen LogP) is 6.73. The van der Waals surface area contributed by atoms with Crippen LogP contribution in [0.3, 0.4) is 0 Å². The van der Waals surface area contributed by atoms with Gasteiger partial charge in [-0.3, -0.25) is 39.1 Å². The molecule has 13 heteroatoms. The lowest BCUT2D eigenvalue weighted by molar-refractivity contribution is -0.164. The Morgan fingerprint density at radius 2 is 1.51 bits per heavy atom. The van der Waals surface area contributed by atoms with E-state index in [2.05, 4.69) is 80.2 Å². The van der Waals surface area contributed by atoms with E-state index in [1.807, 2.05) is 38.1 Å². The summed E-state index contributed by atoms with van der Waals surface area (Å²) in [6.07, 6.45) is 3.94. The summed E-state index contributed by atoms with van der Waals surface area (Å²) >= 11 is 0. The lowest BCUT2D eigenvalue weighted by atomic mass is 9.49. The molecule has 2 N–H and O–H groups in total. The van der Waals surface area contributed by atoms with E-state index in [1.165, 1.54) is 0 Å². The van der Waals surface area contributed by atoms with Gasteiger partial charge in [0.25, 0.3) is 17.7 Å². The Kier molecular flexibility index (Phi) is 11.7. The molecule has 5 aliphatic rings. The fourth-order valence-corrected chi connectivity index (χ4v) is 11.2. The van der Waals surface area contributed by atoms with Crippen LogP contribution in [0.25, 0.3) is 0 Å². The van der Waals surface area contributed by atoms with Crippen LogP contribution >= 0.6 is 0 Å². The zero-order valence-electron chi connectivity index (χ0n) is 37.7. The highest BCUT2D eigenvalue weighted by Crippen LogP contribution is 2.55. The molecule has 0 unspecified atom stereocenters. The molecule has 13 nitrogen and oxygen atoms in total. The van der Waals surface area contributed by atoms with Crippen LogP contribution in [0, 0.1) is 41.9 Å². The number of aryl methyl sites for hydroxylation is 2. The maximum absolute atomic E-state index is 13.6. The number of hydrogen-bond acceptors (Lipinski definition) is 10. The maximum Gasteiger partial charge on any atom is 0.262 e. The number of carbonyl (C=O) groups is 5. The number of fused-ring (bicyclic) bond motifs is 1. The van der Waals surface area contributed by atoms with Gasteiger partial charge in [-0.1, -0.05) is 27.7 Å². The SMILES string of the molecule is Cc1cc(OC2C(C)(C)C(NC(=O)c3ccc(N4CCC(CN(C(C)C)C5CC(Oc6ccc7c(c6)C(=O)N([C@@H]6CCC(=O)NC6=O)C7=O)C5)CC4)cc3)C2(C)C)cc(C)c1C#N. The summed E-state index contributed by atoms with van der Waals surface area (Å²) < 4.78 is 12.9. The maximum atomic E-state index is 13.6. The van der Waals surface area contributed by atoms with E-state index in [0.717, 1.165) is 72.8 Å². The second-order valence-electron chi connectivity index (χ2n) is 19.9. The first kappa shape index (κ1) is 43.9. The number of amides is 5. The molecule has 8 rings (SSSR count). The van der Waals surface area contributed by atoms with Gasteiger partial charge < -0.3 is 19.7 Å². The Balaban J connectivity index is 0.797. The second-order valence-corrected chi connectivity index (χ2v) is 19.9. The number of rotatable bonds is 12. The van der Waals surface area contributed by atoms with Gasteiger partial charge in [0.15, 0.2) is 0 Å². The van der Waals surface area contributed by atoms with Crippen molar-refractivity contribution >= 4 is 35.2 Å². The van der Waals surface area contributed by atoms with Crippen LogP contribution in [-0.2, 0) is 9.59 Å². The zero-order chi connectivity index (χ0) is 45.1. The molecule has 2 aliphatic carbocycles. The molecule has 2 saturated carbocycles. The third-order valence-corrected chi connectivity index (χ3v) is 14.5. The summed E-state index contributed by atoms with van der Waals surface area (Å²) in [5, 5.41) is 15.1. The second kappa shape index (κ2) is 16.8. The summed E-state index contributed by atoms with van der Waals surface area (Å²) in [5.74, 6) is -0.353. The van der Waals surface area contributed by atoms with Crippen LogP contribution < -0.4 is 25.0 Å². The van der Waals surface area contributed by atoms with Crippen LogP contribution in [0.2, 0.25) is 0 Å². The normalized spacial score (nSPS) is 25.3. The Morgan fingerprint density at radius 3 is 2.11 bits per heavy atom. The number of imide groups is 2. The molecule has 3 aromatic rings. The molecule has 3 aliphatic heterocycles. The predicted molar refractivity (Wildman–Crippen MR) is 238 cm³/mol. The Hall–Kier alpha value is -5.74. The quantitative estimate of drug-likeness (QED) is 0.187. The van der Waals surface area contributed by atoms with Gasteiger partial charge in [0.05, 0.1) is 22.8 Å². The van der Waals surface area contributed by atoms with Gasteiger partial charge in [-0.25, -0.2) is 0 Å². The third kappa shape index (κ3) is 8.18. The number of carbonyl (C=O) groups excluding carboxylic acids is 5. The topological polar surface area (TPSA) is 161 Å². The summed E-state index contributed by atoms with van der Waals surface area (Å²) in [7, 11) is 0. The number of ether oxygens (including phenoxy) is 2. The van der Waals surface area contributed by atoms with E-state index < -0.39 is 29.7 Å². The van der Waals surface area contributed by atoms with Crippen molar-refractivity contribution in [3.8, 4) is 17.6 Å². The fraction of sp³-hybridized carbons (Fsp3) is 0.520. The number of piperidine rings is 2. The highest BCUT2D eigenvalue weighted by molar-refractivity contribution is 6.23. The molecule has 63 heavy (non-hydrogen) atoms. The van der Waals surface area contributed by atoms with Gasteiger partial charge in [0, 0.05) is 79.1 Å². The number of benzene rings is 3. The number of nitriles is 1. The largest absolute Gasteiger partial charge is 0.490 e. The minimum Gasteiger partial charge on any atom is -0.490 e. The molecule has 4 fully saturated rings. The van der Waals surface area contributed by atoms with Crippen LogP contribution in [0.4, 0.5) is 5.69 Å². The highest BCUT2D eigenvalue weighted by Gasteiger charge is 2.64. The summed E-state index contributed by atoms with van der Waals surface area (Å²) in [6, 6.07) is 18.7. The van der Waals surface area contributed by atoms with E-state index in [9.17, 15) is 29.2 Å². The minimum atomic E-state index is -1.000. The first-order chi connectivity index (χ1) is 29.9. The molecular formula is C50H60N6O7. The molecule has 3 heterocycles. The van der Waals surface area contributed by atoms with Crippen LogP contribution in [-0.4, -0.2) is 95.3 Å². The average Bonchev–Trinajstić information content (AvgIpc) is 3.47. The van der Waals surface area contributed by atoms with Crippen LogP contribution in [0.15, 0.2) is 54.6 Å². The molecule has 5 amide bonds. The smallest absolute Gasteiger partial charge is 0.262 e. The van der Waals surface area contributed by atoms with Crippen molar-refractivity contribution < 1.29 is 33.4 Å². The molecule has 332 valence electrons. The van der Waals surface area contributed by atoms with E-state index in [0.29, 0.717) is 34.9 Å². The van der Waals surface area contributed by atoms with Crippen LogP contribution in [0.1, 0.15) is 128 Å². The molecule has 0 aromatic heterocycles. The first-order valence-corrected chi connectivity index (χ1v) is 22.5. The number of nitrogens with zero attached hydrogens (tertiary/aromatic N) is 4. The fourth-order valence-electron chi connectivity index (χ4n) is 11.2. The van der Waals surface area contributed by atoms with Crippen molar-refractivity contribution in [2.75, 3.05) is 24.5 Å². The average molecular weight is 857 g/mol. The van der Waals surface area contributed by atoms with Gasteiger partial charge >= 0.3 is 0 Å². The van der Waals surface area contributed by atoms with Crippen molar-refractivity contribution in [1.29, 1.82) is 5.26 Å². The molecule has 1 atom stereocenters. The molecule has 0 radical (unpaired) electrons. The summed E-state index contributed by atoms with van der Waals surface area (Å²) in [4.78, 5) is 70.1. The van der Waals surface area contributed by atoms with Gasteiger partial charge in [-0.2, -0.15) is 5.26 Å². The van der Waals surface area contributed by atoms with Crippen molar-refractivity contribution in [1.82, 2.24) is 20.4 Å². The number of hydrogen-bond donors (Lipinski definition) is 2. The lowest BCUT2D eigenvalue weighted by Gasteiger charge is -2.63. The standard InChI is InChI=1S/C50H60N6O7/c1-28(2)55(34-23-37(24-34)62-35-13-14-38-39(25-35)46(61)56(45(38)60)41-15-16-42(57)52-44(41)59)27-31-17-19-54(20-18-31)33-11-9-32(10-12-33)43(58)53-47-49(5,6)48(50(47,7)8)63-36-21-29(3)40(26-51)30(4)22-36/h9-14,21-22,25,28,31,34,37,41,47-48H,15-20,23-24,27H2,1-8H3,(H,53,58)(H,52,57,59)/t34?,37?,41-,47?,48?/m1/s1. The molecule has 0 spiro atoms. The number of nitrogens with one attached hydrogen (secondary N) is 2. The van der Waals surface area contributed by atoms with E-state index >= 15 is 0 Å². The molecular weight excluding hydrogens is 797 g/mol. The van der Waals surface area contributed by atoms with E-state index in [4.69, 9.17) is 9.47 Å². The highest BCUT2D eigenvalue weighted by atomic mass is 16.5. The van der Waals surface area contributed by atoms with Gasteiger partial charge in [-0.05, 0) is 119 Å². The molecule has 0 bridgehead atoms.